The van der Waals surface area contributed by atoms with Crippen LogP contribution in [0.2, 0.25) is 0 Å². The topological polar surface area (TPSA) is 95.9 Å². The maximum Gasteiger partial charge on any atom is 0.306 e. The van der Waals surface area contributed by atoms with E-state index in [1.54, 1.807) is 0 Å². The van der Waals surface area contributed by atoms with Gasteiger partial charge in [-0.25, -0.2) is 0 Å². The molecule has 0 spiro atoms. The van der Waals surface area contributed by atoms with Gasteiger partial charge in [0.05, 0.1) is 25.2 Å². The van der Waals surface area contributed by atoms with Crippen molar-refractivity contribution in [3.63, 3.8) is 0 Å². The van der Waals surface area contributed by atoms with Gasteiger partial charge in [0.15, 0.2) is 0 Å². The van der Waals surface area contributed by atoms with E-state index in [0.717, 1.165) is 96.3 Å². The molecule has 0 fully saturated rings. The highest BCUT2D eigenvalue weighted by Crippen LogP contribution is 2.18. The van der Waals surface area contributed by atoms with Crippen LogP contribution in [0.3, 0.4) is 0 Å². The minimum Gasteiger partial charge on any atom is -0.462 e. The van der Waals surface area contributed by atoms with Gasteiger partial charge >= 0.3 is 5.97 Å². The number of carbonyl (C=O) groups excluding carboxylic acids is 2. The highest BCUT2D eigenvalue weighted by atomic mass is 16.5. The van der Waals surface area contributed by atoms with Crippen LogP contribution in [-0.4, -0.2) is 46.9 Å². The molecule has 0 saturated heterocycles. The van der Waals surface area contributed by atoms with E-state index >= 15 is 0 Å². The lowest BCUT2D eigenvalue weighted by Gasteiger charge is -2.24. The van der Waals surface area contributed by atoms with Crippen molar-refractivity contribution < 1.29 is 24.5 Å². The lowest BCUT2D eigenvalue weighted by atomic mass is 10.0. The number of aliphatic hydroxyl groups is 2. The van der Waals surface area contributed by atoms with Gasteiger partial charge in [0.1, 0.15) is 6.10 Å². The summed E-state index contributed by atoms with van der Waals surface area (Å²) in [6, 6.07) is -0.716. The molecule has 3 N–H and O–H groups in total. The molecule has 0 aliphatic carbocycles. The summed E-state index contributed by atoms with van der Waals surface area (Å²) in [4.78, 5) is 26.2. The predicted molar refractivity (Wildman–Crippen MR) is 282 cm³/mol. The molecule has 0 aliphatic rings. The number of unbranched alkanes of at least 4 members (excludes halogenated alkanes) is 31. The zero-order valence-corrected chi connectivity index (χ0v) is 43.1. The molecular weight excluding hydrogens is 803 g/mol. The number of hydrogen-bond acceptors (Lipinski definition) is 5. The molecule has 0 saturated carbocycles. The fourth-order valence-corrected chi connectivity index (χ4v) is 8.42. The normalized spacial score (nSPS) is 13.6. The van der Waals surface area contributed by atoms with Gasteiger partial charge in [-0.2, -0.15) is 0 Å². The van der Waals surface area contributed by atoms with Crippen molar-refractivity contribution in [1.29, 1.82) is 0 Å². The van der Waals surface area contributed by atoms with Gasteiger partial charge in [-0.3, -0.25) is 9.59 Å². The highest BCUT2D eigenvalue weighted by molar-refractivity contribution is 5.77. The SMILES string of the molecule is CC/C=C/C=C/C=C\CCCCCCCC(=O)OC(CCCCC/C=C/C=C/CCCCCCCCC)CC(=O)NC(CO)C(O)CCCCCCCCCCCCCCCCCCC. The molecule has 0 bridgehead atoms. The molecule has 6 nitrogen and oxygen atoms in total. The molecule has 0 radical (unpaired) electrons. The smallest absolute Gasteiger partial charge is 0.306 e. The van der Waals surface area contributed by atoms with Gasteiger partial charge < -0.3 is 20.3 Å². The zero-order chi connectivity index (χ0) is 47.4. The molecule has 65 heavy (non-hydrogen) atoms. The first-order chi connectivity index (χ1) is 32.0. The first-order valence-electron chi connectivity index (χ1n) is 28.1. The maximum absolute atomic E-state index is 13.2. The number of nitrogens with one attached hydrogen (secondary N) is 1. The molecule has 378 valence electrons. The van der Waals surface area contributed by atoms with Gasteiger partial charge in [0.25, 0.3) is 0 Å². The summed E-state index contributed by atoms with van der Waals surface area (Å²) in [5, 5.41) is 23.9. The fourth-order valence-electron chi connectivity index (χ4n) is 8.42. The van der Waals surface area contributed by atoms with E-state index in [2.05, 4.69) is 86.8 Å². The number of esters is 1. The average molecular weight is 911 g/mol. The van der Waals surface area contributed by atoms with Crippen LogP contribution in [0.5, 0.6) is 0 Å². The number of amides is 1. The molecule has 0 aromatic carbocycles. The molecule has 0 aliphatic heterocycles. The molecule has 1 amide bonds. The molecule has 3 atom stereocenters. The Hall–Kier alpha value is -2.44. The predicted octanol–water partition coefficient (Wildman–Crippen LogP) is 17.2. The molecule has 0 heterocycles. The van der Waals surface area contributed by atoms with E-state index in [1.807, 2.05) is 0 Å². The van der Waals surface area contributed by atoms with Crippen molar-refractivity contribution in [2.24, 2.45) is 0 Å². The van der Waals surface area contributed by atoms with Gasteiger partial charge in [0.2, 0.25) is 5.91 Å². The van der Waals surface area contributed by atoms with Crippen LogP contribution in [0.4, 0.5) is 0 Å². The van der Waals surface area contributed by atoms with E-state index in [0.29, 0.717) is 19.3 Å². The summed E-state index contributed by atoms with van der Waals surface area (Å²) in [6.45, 7) is 6.36. The Morgan fingerprint density at radius 2 is 0.831 bits per heavy atom. The van der Waals surface area contributed by atoms with Crippen LogP contribution < -0.4 is 5.32 Å². The summed E-state index contributed by atoms with van der Waals surface area (Å²) in [5.74, 6) is -0.519. The second kappa shape index (κ2) is 52.5. The number of rotatable bonds is 50. The summed E-state index contributed by atoms with van der Waals surface area (Å²) >= 11 is 0. The standard InChI is InChI=1S/C59H107NO5/c1-4-7-10-13-16-19-22-25-27-29-31-34-36-39-42-45-48-51-57(62)56(54-61)60-58(63)53-55(50-47-44-41-38-35-33-30-28-26-23-20-17-14-11-8-5-2)65-59(64)52-49-46-43-40-37-32-24-21-18-15-12-9-6-3/h9,12,15,18,21,24,28,30,33,35,55-57,61-62H,4-8,10-11,13-14,16-17,19-20,22-23,25-27,29,31-32,34,36-54H2,1-3H3,(H,60,63)/b12-9+,18-15+,24-21-,30-28+,35-33+. The second-order valence-electron chi connectivity index (χ2n) is 19.0. The van der Waals surface area contributed by atoms with Crippen molar-refractivity contribution in [3.05, 3.63) is 60.8 Å². The fraction of sp³-hybridized carbons (Fsp3) is 0.797. The number of aliphatic hydroxyl groups excluding tert-OH is 2. The third kappa shape index (κ3) is 47.8. The third-order valence-electron chi connectivity index (χ3n) is 12.7. The Morgan fingerprint density at radius 1 is 0.462 bits per heavy atom. The van der Waals surface area contributed by atoms with Gasteiger partial charge in [0, 0.05) is 6.42 Å². The quantitative estimate of drug-likeness (QED) is 0.0321. The van der Waals surface area contributed by atoms with Crippen LogP contribution in [0.1, 0.15) is 278 Å². The molecule has 0 rings (SSSR count). The van der Waals surface area contributed by atoms with Crippen molar-refractivity contribution in [1.82, 2.24) is 5.32 Å². The summed E-state index contributed by atoms with van der Waals surface area (Å²) < 4.78 is 5.93. The highest BCUT2D eigenvalue weighted by Gasteiger charge is 2.24. The molecule has 0 aromatic heterocycles. The second-order valence-corrected chi connectivity index (χ2v) is 19.0. The Bertz CT molecular complexity index is 1160. The van der Waals surface area contributed by atoms with Crippen LogP contribution >= 0.6 is 0 Å². The number of hydrogen-bond donors (Lipinski definition) is 3. The summed E-state index contributed by atoms with van der Waals surface area (Å²) in [7, 11) is 0. The average Bonchev–Trinajstić information content (AvgIpc) is 3.30. The zero-order valence-electron chi connectivity index (χ0n) is 43.1. The molecule has 6 heteroatoms. The first kappa shape index (κ1) is 62.6. The monoisotopic (exact) mass is 910 g/mol. The van der Waals surface area contributed by atoms with E-state index < -0.39 is 18.2 Å². The minimum absolute atomic E-state index is 0.0507. The first-order valence-corrected chi connectivity index (χ1v) is 28.1. The molecular formula is C59H107NO5. The summed E-state index contributed by atoms with van der Waals surface area (Å²) in [5.41, 5.74) is 0. The molecule has 0 aromatic rings. The van der Waals surface area contributed by atoms with Crippen LogP contribution in [0, 0.1) is 0 Å². The van der Waals surface area contributed by atoms with Gasteiger partial charge in [-0.15, -0.1) is 0 Å². The van der Waals surface area contributed by atoms with Crippen LogP contribution in [0.15, 0.2) is 60.8 Å². The Labute approximate surface area is 403 Å². The summed E-state index contributed by atoms with van der Waals surface area (Å²) in [6.07, 6.45) is 65.7. The van der Waals surface area contributed by atoms with Crippen LogP contribution in [-0.2, 0) is 14.3 Å². The third-order valence-corrected chi connectivity index (χ3v) is 12.7. The van der Waals surface area contributed by atoms with Gasteiger partial charge in [-0.1, -0.05) is 255 Å². The van der Waals surface area contributed by atoms with Crippen molar-refractivity contribution in [2.45, 2.75) is 296 Å². The number of ether oxygens (including phenoxy) is 1. The minimum atomic E-state index is -0.801. The van der Waals surface area contributed by atoms with E-state index in [9.17, 15) is 19.8 Å². The number of allylic oxidation sites excluding steroid dienone is 10. The largest absolute Gasteiger partial charge is 0.462 e. The van der Waals surface area contributed by atoms with Crippen molar-refractivity contribution in [2.75, 3.05) is 6.61 Å². The van der Waals surface area contributed by atoms with E-state index in [4.69, 9.17) is 4.74 Å². The van der Waals surface area contributed by atoms with E-state index in [1.165, 1.54) is 135 Å². The van der Waals surface area contributed by atoms with Crippen molar-refractivity contribution in [3.8, 4) is 0 Å². The maximum atomic E-state index is 13.2. The Morgan fingerprint density at radius 3 is 1.28 bits per heavy atom. The lowest BCUT2D eigenvalue weighted by Crippen LogP contribution is -2.46. The lowest BCUT2D eigenvalue weighted by molar-refractivity contribution is -0.151. The molecule has 3 unspecified atom stereocenters. The van der Waals surface area contributed by atoms with Crippen LogP contribution in [0.25, 0.3) is 0 Å². The number of carbonyl (C=O) groups is 2. The van der Waals surface area contributed by atoms with E-state index in [-0.39, 0.29) is 24.9 Å². The van der Waals surface area contributed by atoms with Crippen molar-refractivity contribution >= 4 is 11.9 Å². The Kier molecular flexibility index (Phi) is 50.6. The van der Waals surface area contributed by atoms with Gasteiger partial charge in [-0.05, 0) is 70.6 Å². The Balaban J connectivity index is 4.59.